The molecule has 1 heterocycles. The standard InChI is InChI=1S/C14H18N4O/c1-3-19-13-8-10(2)17-14(18-13)16-9-11-4-6-12(15)7-5-11/h4-8H,3,9,15H2,1-2H3,(H,16,17,18). The van der Waals surface area contributed by atoms with E-state index in [0.717, 1.165) is 16.9 Å². The van der Waals surface area contributed by atoms with Crippen molar-refractivity contribution in [2.24, 2.45) is 0 Å². The number of benzene rings is 1. The Morgan fingerprint density at radius 3 is 2.63 bits per heavy atom. The number of nitrogens with two attached hydrogens (primary N) is 1. The maximum atomic E-state index is 5.65. The summed E-state index contributed by atoms with van der Waals surface area (Å²) in [5.74, 6) is 1.16. The zero-order chi connectivity index (χ0) is 13.7. The molecule has 1 aromatic carbocycles. The van der Waals surface area contributed by atoms with Gasteiger partial charge in [0.15, 0.2) is 0 Å². The van der Waals surface area contributed by atoms with E-state index in [1.54, 1.807) is 0 Å². The van der Waals surface area contributed by atoms with Crippen LogP contribution in [-0.2, 0) is 6.54 Å². The molecular weight excluding hydrogens is 240 g/mol. The highest BCUT2D eigenvalue weighted by atomic mass is 16.5. The van der Waals surface area contributed by atoms with Gasteiger partial charge >= 0.3 is 0 Å². The molecule has 0 aliphatic carbocycles. The van der Waals surface area contributed by atoms with Crippen LogP contribution in [-0.4, -0.2) is 16.6 Å². The molecule has 5 nitrogen and oxygen atoms in total. The molecule has 0 saturated carbocycles. The number of aromatic nitrogens is 2. The first-order valence-corrected chi connectivity index (χ1v) is 6.24. The number of nitrogens with zero attached hydrogens (tertiary/aromatic N) is 2. The second kappa shape index (κ2) is 6.04. The Bertz CT molecular complexity index is 540. The van der Waals surface area contributed by atoms with Crippen molar-refractivity contribution in [3.05, 3.63) is 41.6 Å². The van der Waals surface area contributed by atoms with Crippen LogP contribution in [0.5, 0.6) is 5.88 Å². The molecule has 2 rings (SSSR count). The third-order valence-electron chi connectivity index (χ3n) is 2.55. The number of nitrogen functional groups attached to an aromatic ring is 1. The van der Waals surface area contributed by atoms with Crippen LogP contribution in [0.3, 0.4) is 0 Å². The third-order valence-corrected chi connectivity index (χ3v) is 2.55. The van der Waals surface area contributed by atoms with Crippen LogP contribution in [0, 0.1) is 6.92 Å². The Labute approximate surface area is 112 Å². The normalized spacial score (nSPS) is 10.2. The van der Waals surface area contributed by atoms with Gasteiger partial charge in [0.25, 0.3) is 0 Å². The van der Waals surface area contributed by atoms with Crippen molar-refractivity contribution < 1.29 is 4.74 Å². The summed E-state index contributed by atoms with van der Waals surface area (Å²) in [6, 6.07) is 9.51. The van der Waals surface area contributed by atoms with Gasteiger partial charge in [-0.1, -0.05) is 12.1 Å². The van der Waals surface area contributed by atoms with E-state index in [4.69, 9.17) is 10.5 Å². The summed E-state index contributed by atoms with van der Waals surface area (Å²) < 4.78 is 5.39. The maximum absolute atomic E-state index is 5.65. The van der Waals surface area contributed by atoms with Crippen LogP contribution in [0.15, 0.2) is 30.3 Å². The smallest absolute Gasteiger partial charge is 0.226 e. The Hall–Kier alpha value is -2.30. The van der Waals surface area contributed by atoms with Gasteiger partial charge in [-0.05, 0) is 31.5 Å². The molecule has 0 saturated heterocycles. The molecule has 2 aromatic rings. The quantitative estimate of drug-likeness (QED) is 0.805. The lowest BCUT2D eigenvalue weighted by molar-refractivity contribution is 0.326. The highest BCUT2D eigenvalue weighted by Gasteiger charge is 2.02. The maximum Gasteiger partial charge on any atom is 0.226 e. The minimum Gasteiger partial charge on any atom is -0.478 e. The zero-order valence-corrected chi connectivity index (χ0v) is 11.2. The van der Waals surface area contributed by atoms with Crippen LogP contribution < -0.4 is 15.8 Å². The van der Waals surface area contributed by atoms with Crippen molar-refractivity contribution in [3.63, 3.8) is 0 Å². The fraction of sp³-hybridized carbons (Fsp3) is 0.286. The fourth-order valence-corrected chi connectivity index (χ4v) is 1.66. The van der Waals surface area contributed by atoms with E-state index in [0.29, 0.717) is 25.0 Å². The van der Waals surface area contributed by atoms with Gasteiger partial charge in [0.2, 0.25) is 11.8 Å². The van der Waals surface area contributed by atoms with E-state index in [2.05, 4.69) is 15.3 Å². The molecule has 0 unspecified atom stereocenters. The topological polar surface area (TPSA) is 73.1 Å². The van der Waals surface area contributed by atoms with Crippen LogP contribution in [0.25, 0.3) is 0 Å². The number of aryl methyl sites for hydroxylation is 1. The molecule has 3 N–H and O–H groups in total. The Morgan fingerprint density at radius 1 is 1.21 bits per heavy atom. The Balaban J connectivity index is 2.04. The number of rotatable bonds is 5. The largest absolute Gasteiger partial charge is 0.478 e. The zero-order valence-electron chi connectivity index (χ0n) is 11.2. The molecule has 0 atom stereocenters. The van der Waals surface area contributed by atoms with Crippen LogP contribution in [0.2, 0.25) is 0 Å². The van der Waals surface area contributed by atoms with Crippen molar-refractivity contribution in [1.82, 2.24) is 9.97 Å². The minimum absolute atomic E-state index is 0.570. The first-order chi connectivity index (χ1) is 9.17. The van der Waals surface area contributed by atoms with Gasteiger partial charge in [0.1, 0.15) is 0 Å². The summed E-state index contributed by atoms with van der Waals surface area (Å²) in [6.45, 7) is 5.08. The summed E-state index contributed by atoms with van der Waals surface area (Å²) in [5.41, 5.74) is 8.40. The van der Waals surface area contributed by atoms with Crippen molar-refractivity contribution >= 4 is 11.6 Å². The van der Waals surface area contributed by atoms with E-state index in [-0.39, 0.29) is 0 Å². The van der Waals surface area contributed by atoms with Crippen LogP contribution in [0.4, 0.5) is 11.6 Å². The highest BCUT2D eigenvalue weighted by Crippen LogP contribution is 2.13. The van der Waals surface area contributed by atoms with Crippen molar-refractivity contribution in [3.8, 4) is 5.88 Å². The number of ether oxygens (including phenoxy) is 1. The SMILES string of the molecule is CCOc1cc(C)nc(NCc2ccc(N)cc2)n1. The van der Waals surface area contributed by atoms with Crippen LogP contribution in [0.1, 0.15) is 18.2 Å². The van der Waals surface area contributed by atoms with Gasteiger partial charge in [-0.3, -0.25) is 0 Å². The molecule has 0 bridgehead atoms. The van der Waals surface area contributed by atoms with Gasteiger partial charge in [-0.15, -0.1) is 0 Å². The number of anilines is 2. The molecule has 0 radical (unpaired) electrons. The lowest BCUT2D eigenvalue weighted by Gasteiger charge is -2.08. The summed E-state index contributed by atoms with van der Waals surface area (Å²) in [7, 11) is 0. The molecule has 0 amide bonds. The molecule has 0 fully saturated rings. The summed E-state index contributed by atoms with van der Waals surface area (Å²) in [5, 5.41) is 3.18. The van der Waals surface area contributed by atoms with E-state index in [9.17, 15) is 0 Å². The van der Waals surface area contributed by atoms with Gasteiger partial charge in [0.05, 0.1) is 6.61 Å². The van der Waals surface area contributed by atoms with Crippen molar-refractivity contribution in [2.45, 2.75) is 20.4 Å². The molecule has 19 heavy (non-hydrogen) atoms. The first-order valence-electron chi connectivity index (χ1n) is 6.24. The highest BCUT2D eigenvalue weighted by molar-refractivity contribution is 5.40. The fourth-order valence-electron chi connectivity index (χ4n) is 1.66. The number of nitrogens with one attached hydrogen (secondary N) is 1. The Kier molecular flexibility index (Phi) is 4.18. The van der Waals surface area contributed by atoms with E-state index in [1.807, 2.05) is 44.2 Å². The molecule has 5 heteroatoms. The predicted molar refractivity (Wildman–Crippen MR) is 76.1 cm³/mol. The molecular formula is C14H18N4O. The predicted octanol–water partition coefficient (Wildman–Crippen LogP) is 2.38. The van der Waals surface area contributed by atoms with E-state index < -0.39 is 0 Å². The monoisotopic (exact) mass is 258 g/mol. The lowest BCUT2D eigenvalue weighted by Crippen LogP contribution is -2.06. The second-order valence-electron chi connectivity index (χ2n) is 4.20. The summed E-state index contributed by atoms with van der Waals surface area (Å²) in [4.78, 5) is 8.61. The minimum atomic E-state index is 0.570. The average Bonchev–Trinajstić information content (AvgIpc) is 2.38. The van der Waals surface area contributed by atoms with Gasteiger partial charge < -0.3 is 15.8 Å². The molecule has 0 spiro atoms. The second-order valence-corrected chi connectivity index (χ2v) is 4.20. The van der Waals surface area contributed by atoms with Crippen LogP contribution >= 0.6 is 0 Å². The molecule has 0 aliphatic heterocycles. The average molecular weight is 258 g/mol. The molecule has 1 aromatic heterocycles. The molecule has 0 aliphatic rings. The third kappa shape index (κ3) is 3.84. The molecule has 100 valence electrons. The Morgan fingerprint density at radius 2 is 1.95 bits per heavy atom. The number of hydrogen-bond donors (Lipinski definition) is 2. The van der Waals surface area contributed by atoms with E-state index in [1.165, 1.54) is 0 Å². The van der Waals surface area contributed by atoms with Crippen molar-refractivity contribution in [1.29, 1.82) is 0 Å². The number of hydrogen-bond acceptors (Lipinski definition) is 5. The van der Waals surface area contributed by atoms with Gasteiger partial charge in [-0.25, -0.2) is 4.98 Å². The van der Waals surface area contributed by atoms with E-state index >= 15 is 0 Å². The summed E-state index contributed by atoms with van der Waals surface area (Å²) in [6.07, 6.45) is 0. The van der Waals surface area contributed by atoms with Crippen molar-refractivity contribution in [2.75, 3.05) is 17.7 Å². The lowest BCUT2D eigenvalue weighted by atomic mass is 10.2. The van der Waals surface area contributed by atoms with Gasteiger partial charge in [-0.2, -0.15) is 4.98 Å². The summed E-state index contributed by atoms with van der Waals surface area (Å²) >= 11 is 0. The first kappa shape index (κ1) is 13.1. The van der Waals surface area contributed by atoms with Gasteiger partial charge in [0, 0.05) is 24.0 Å².